The van der Waals surface area contributed by atoms with Gasteiger partial charge in [-0.2, -0.15) is 4.21 Å². The Labute approximate surface area is 101 Å². The Morgan fingerprint density at radius 1 is 1.18 bits per heavy atom. The molecule has 2 atom stereocenters. The largest absolute Gasteiger partial charge is 0.302 e. The van der Waals surface area contributed by atoms with E-state index in [1.54, 1.807) is 6.08 Å². The molecule has 17 heavy (non-hydrogen) atoms. The van der Waals surface area contributed by atoms with Crippen LogP contribution in [0.2, 0.25) is 0 Å². The van der Waals surface area contributed by atoms with Gasteiger partial charge in [-0.1, -0.05) is 42.5 Å². The minimum absolute atomic E-state index is 0.459. The minimum atomic E-state index is -2.26. The summed E-state index contributed by atoms with van der Waals surface area (Å²) in [6.45, 7) is 0. The molecule has 86 valence electrons. The fourth-order valence-corrected chi connectivity index (χ4v) is 2.59. The van der Waals surface area contributed by atoms with Gasteiger partial charge in [0.25, 0.3) is 0 Å². The van der Waals surface area contributed by atoms with Gasteiger partial charge in [0.2, 0.25) is 0 Å². The third-order valence-electron chi connectivity index (χ3n) is 2.91. The molecular formula is C13H10O3S. The summed E-state index contributed by atoms with van der Waals surface area (Å²) in [5.41, 5.74) is 2.05. The molecule has 3 nitrogen and oxygen atoms in total. The molecule has 2 aromatic rings. The van der Waals surface area contributed by atoms with Crippen LogP contribution in [-0.4, -0.2) is 8.76 Å². The van der Waals surface area contributed by atoms with E-state index in [0.717, 1.165) is 21.9 Å². The van der Waals surface area contributed by atoms with Crippen LogP contribution in [0.5, 0.6) is 0 Å². The lowest BCUT2D eigenvalue weighted by atomic mass is 9.92. The Morgan fingerprint density at radius 3 is 2.71 bits per heavy atom. The number of hydrogen-bond donors (Lipinski definition) is 1. The van der Waals surface area contributed by atoms with Crippen LogP contribution >= 0.6 is 0 Å². The van der Waals surface area contributed by atoms with E-state index in [0.29, 0.717) is 0 Å². The molecule has 2 unspecified atom stereocenters. The molecule has 0 saturated carbocycles. The van der Waals surface area contributed by atoms with Crippen LogP contribution in [0.1, 0.15) is 17.2 Å². The van der Waals surface area contributed by atoms with Crippen LogP contribution in [0, 0.1) is 0 Å². The van der Waals surface area contributed by atoms with E-state index in [4.69, 9.17) is 8.74 Å². The van der Waals surface area contributed by atoms with Gasteiger partial charge in [0.15, 0.2) is 0 Å². The van der Waals surface area contributed by atoms with Gasteiger partial charge in [-0.15, -0.1) is 0 Å². The maximum Gasteiger partial charge on any atom is 0.302 e. The van der Waals surface area contributed by atoms with Gasteiger partial charge in [0.05, 0.1) is 0 Å². The highest BCUT2D eigenvalue weighted by atomic mass is 32.2. The Bertz CT molecular complexity index is 628. The standard InChI is InChI=1S/C13H10O3S/c14-17(15)16-12-8-7-10-4-1-3-9-5-2-6-11(12)13(9)10/h1-8,12H,(H,14,15). The predicted octanol–water partition coefficient (Wildman–Crippen LogP) is 3.06. The van der Waals surface area contributed by atoms with Crippen molar-refractivity contribution in [3.63, 3.8) is 0 Å². The maximum absolute atomic E-state index is 10.8. The molecule has 2 aromatic carbocycles. The first-order valence-electron chi connectivity index (χ1n) is 5.23. The average molecular weight is 246 g/mol. The maximum atomic E-state index is 10.8. The highest BCUT2D eigenvalue weighted by Crippen LogP contribution is 2.35. The van der Waals surface area contributed by atoms with Crippen LogP contribution in [0.25, 0.3) is 16.8 Å². The van der Waals surface area contributed by atoms with Crippen molar-refractivity contribution in [2.75, 3.05) is 0 Å². The van der Waals surface area contributed by atoms with Crippen molar-refractivity contribution in [3.05, 3.63) is 53.6 Å². The molecule has 3 rings (SSSR count). The SMILES string of the molecule is O=S(O)OC1C=Cc2cccc3cccc1c23. The van der Waals surface area contributed by atoms with Crippen LogP contribution in [0.4, 0.5) is 0 Å². The van der Waals surface area contributed by atoms with Crippen molar-refractivity contribution in [2.45, 2.75) is 6.10 Å². The second-order valence-electron chi connectivity index (χ2n) is 3.89. The van der Waals surface area contributed by atoms with Gasteiger partial charge in [-0.05, 0) is 28.0 Å². The monoisotopic (exact) mass is 246 g/mol. The Balaban J connectivity index is 2.23. The van der Waals surface area contributed by atoms with Crippen LogP contribution < -0.4 is 0 Å². The molecule has 0 bridgehead atoms. The quantitative estimate of drug-likeness (QED) is 0.828. The number of benzene rings is 2. The molecule has 0 heterocycles. The summed E-state index contributed by atoms with van der Waals surface area (Å²) in [4.78, 5) is 0. The molecule has 0 fully saturated rings. The predicted molar refractivity (Wildman–Crippen MR) is 67.6 cm³/mol. The van der Waals surface area contributed by atoms with Crippen molar-refractivity contribution in [1.82, 2.24) is 0 Å². The Kier molecular flexibility index (Phi) is 2.55. The molecular weight excluding hydrogens is 236 g/mol. The summed E-state index contributed by atoms with van der Waals surface area (Å²) >= 11 is -2.26. The normalized spacial score (nSPS) is 19.5. The molecule has 4 heteroatoms. The summed E-state index contributed by atoms with van der Waals surface area (Å²) in [5, 5.41) is 2.20. The Morgan fingerprint density at radius 2 is 1.94 bits per heavy atom. The van der Waals surface area contributed by atoms with E-state index in [2.05, 4.69) is 0 Å². The first-order chi connectivity index (χ1) is 8.25. The summed E-state index contributed by atoms with van der Waals surface area (Å²) in [7, 11) is 0. The van der Waals surface area contributed by atoms with Crippen molar-refractivity contribution in [3.8, 4) is 0 Å². The minimum Gasteiger partial charge on any atom is -0.284 e. The van der Waals surface area contributed by atoms with Crippen molar-refractivity contribution in [1.29, 1.82) is 0 Å². The van der Waals surface area contributed by atoms with E-state index in [-0.39, 0.29) is 0 Å². The zero-order valence-corrected chi connectivity index (χ0v) is 9.68. The molecule has 0 aromatic heterocycles. The summed E-state index contributed by atoms with van der Waals surface area (Å²) in [6, 6.07) is 11.9. The van der Waals surface area contributed by atoms with Gasteiger partial charge in [-0.25, -0.2) is 0 Å². The highest BCUT2D eigenvalue weighted by molar-refractivity contribution is 7.74. The fraction of sp³-hybridized carbons (Fsp3) is 0.0769. The lowest BCUT2D eigenvalue weighted by molar-refractivity contribution is 0.255. The highest BCUT2D eigenvalue weighted by Gasteiger charge is 2.19. The number of hydrogen-bond acceptors (Lipinski definition) is 2. The van der Waals surface area contributed by atoms with Gasteiger partial charge in [-0.3, -0.25) is 8.74 Å². The van der Waals surface area contributed by atoms with Crippen molar-refractivity contribution < 1.29 is 12.9 Å². The summed E-state index contributed by atoms with van der Waals surface area (Å²) in [6.07, 6.45) is 3.26. The summed E-state index contributed by atoms with van der Waals surface area (Å²) < 4.78 is 24.6. The number of rotatable bonds is 2. The second-order valence-corrected chi connectivity index (χ2v) is 4.51. The van der Waals surface area contributed by atoms with Gasteiger partial charge < -0.3 is 0 Å². The van der Waals surface area contributed by atoms with Crippen LogP contribution in [-0.2, 0) is 15.5 Å². The lowest BCUT2D eigenvalue weighted by Crippen LogP contribution is -2.07. The van der Waals surface area contributed by atoms with Gasteiger partial charge in [0.1, 0.15) is 6.10 Å². The lowest BCUT2D eigenvalue weighted by Gasteiger charge is -2.19. The molecule has 0 amide bonds. The molecule has 0 saturated heterocycles. The Hall–Kier alpha value is -1.49. The molecule has 1 aliphatic rings. The van der Waals surface area contributed by atoms with Crippen molar-refractivity contribution in [2.24, 2.45) is 0 Å². The second kappa shape index (κ2) is 4.07. The molecule has 0 radical (unpaired) electrons. The van der Waals surface area contributed by atoms with Crippen LogP contribution in [0.3, 0.4) is 0 Å². The van der Waals surface area contributed by atoms with E-state index >= 15 is 0 Å². The third kappa shape index (κ3) is 1.80. The zero-order chi connectivity index (χ0) is 11.8. The average Bonchev–Trinajstić information content (AvgIpc) is 2.33. The summed E-state index contributed by atoms with van der Waals surface area (Å²) in [5.74, 6) is 0. The zero-order valence-electron chi connectivity index (χ0n) is 8.87. The van der Waals surface area contributed by atoms with Gasteiger partial charge >= 0.3 is 11.4 Å². The topological polar surface area (TPSA) is 46.5 Å². The first-order valence-corrected chi connectivity index (χ1v) is 6.27. The van der Waals surface area contributed by atoms with Crippen LogP contribution in [0.15, 0.2) is 42.5 Å². The first kappa shape index (κ1) is 10.7. The molecule has 0 spiro atoms. The van der Waals surface area contributed by atoms with Gasteiger partial charge in [0, 0.05) is 0 Å². The van der Waals surface area contributed by atoms with E-state index in [1.165, 1.54) is 0 Å². The fourth-order valence-electron chi connectivity index (χ4n) is 2.24. The smallest absolute Gasteiger partial charge is 0.284 e. The third-order valence-corrected chi connectivity index (χ3v) is 3.28. The molecule has 0 aliphatic heterocycles. The van der Waals surface area contributed by atoms with E-state index < -0.39 is 17.5 Å². The van der Waals surface area contributed by atoms with Crippen molar-refractivity contribution >= 4 is 28.2 Å². The molecule has 1 aliphatic carbocycles. The molecule has 1 N–H and O–H groups in total. The van der Waals surface area contributed by atoms with E-state index in [9.17, 15) is 4.21 Å². The van der Waals surface area contributed by atoms with E-state index in [1.807, 2.05) is 42.5 Å².